The van der Waals surface area contributed by atoms with Crippen LogP contribution in [0.2, 0.25) is 0 Å². The molecule has 4 fully saturated rings. The second kappa shape index (κ2) is 14.5. The van der Waals surface area contributed by atoms with E-state index in [1.165, 1.54) is 0 Å². The van der Waals surface area contributed by atoms with Crippen molar-refractivity contribution in [2.24, 2.45) is 23.2 Å². The lowest BCUT2D eigenvalue weighted by Crippen LogP contribution is -2.62. The van der Waals surface area contributed by atoms with Crippen molar-refractivity contribution in [2.45, 2.75) is 135 Å². The molecule has 4 rings (SSSR count). The van der Waals surface area contributed by atoms with E-state index < -0.39 is 69.0 Å². The third-order valence-corrected chi connectivity index (χ3v) is 10.6. The van der Waals surface area contributed by atoms with Crippen LogP contribution in [0.1, 0.15) is 105 Å². The molecule has 0 aromatic heterocycles. The van der Waals surface area contributed by atoms with Crippen LogP contribution in [0.15, 0.2) is 0 Å². The first kappa shape index (κ1) is 35.3. The quantitative estimate of drug-likeness (QED) is 0.220. The molecule has 0 aromatic carbocycles. The van der Waals surface area contributed by atoms with E-state index >= 15 is 0 Å². The van der Waals surface area contributed by atoms with Gasteiger partial charge in [0.25, 0.3) is 5.91 Å². The Labute approximate surface area is 268 Å². The van der Waals surface area contributed by atoms with Gasteiger partial charge >= 0.3 is 0 Å². The van der Waals surface area contributed by atoms with Gasteiger partial charge in [0.15, 0.2) is 0 Å². The van der Waals surface area contributed by atoms with Crippen LogP contribution in [0.4, 0.5) is 0 Å². The fourth-order valence-electron chi connectivity index (χ4n) is 7.43. The van der Waals surface area contributed by atoms with Gasteiger partial charge in [-0.25, -0.2) is 13.1 Å². The number of nitrogens with zero attached hydrogens (tertiary/aromatic N) is 1. The van der Waals surface area contributed by atoms with Crippen molar-refractivity contribution < 1.29 is 32.4 Å². The van der Waals surface area contributed by atoms with E-state index in [4.69, 9.17) is 0 Å². The lowest BCUT2D eigenvalue weighted by atomic mass is 9.82. The fraction of sp³-hybridized carbons (Fsp3) is 0.844. The number of nitrogens with one attached hydrogen (secondary N) is 4. The van der Waals surface area contributed by atoms with E-state index in [0.717, 1.165) is 57.6 Å². The molecule has 0 bridgehead atoms. The first-order chi connectivity index (χ1) is 21.1. The molecule has 254 valence electrons. The molecule has 4 N–H and O–H groups in total. The van der Waals surface area contributed by atoms with Crippen molar-refractivity contribution in [1.29, 1.82) is 0 Å². The number of likely N-dealkylation sites (tertiary alicyclic amines) is 1. The molecule has 0 spiro atoms. The van der Waals surface area contributed by atoms with E-state index in [1.807, 2.05) is 27.7 Å². The first-order valence-corrected chi connectivity index (χ1v) is 18.7. The molecule has 6 atom stereocenters. The molecule has 3 aliphatic carbocycles. The molecule has 13 heteroatoms. The Hall–Kier alpha value is -2.54. The zero-order valence-corrected chi connectivity index (χ0v) is 28.3. The Bertz CT molecular complexity index is 1240. The van der Waals surface area contributed by atoms with Gasteiger partial charge < -0.3 is 20.9 Å². The standard InChI is InChI=1S/C32H53N5O7S/c1-6-11-23(26(38)30(41)33-21-16-17-21)34-29(40)25-22-15-10-14-20(22)18-37(25)31(42)27(32(2,3)4)35-28(39)24(36-45(5,43)44)19-12-8-7-9-13-19/h19-25,27,36H,6-18H2,1-5H3,(H,33,41)(H,34,40)(H,35,39)/t20?,22-,23-,24-,25-,27+/m0/s1. The Balaban J connectivity index is 1.55. The maximum absolute atomic E-state index is 14.4. The Kier molecular flexibility index (Phi) is 11.4. The highest BCUT2D eigenvalue weighted by atomic mass is 32.2. The molecule has 1 saturated heterocycles. The average molecular weight is 652 g/mol. The number of Topliss-reactive ketones (excluding diaryl/α,β-unsaturated/α-hetero) is 1. The topological polar surface area (TPSA) is 171 Å². The van der Waals surface area contributed by atoms with Gasteiger partial charge in [-0.05, 0) is 68.1 Å². The van der Waals surface area contributed by atoms with Gasteiger partial charge in [0.1, 0.15) is 18.1 Å². The SMILES string of the molecule is CCC[C@H](NC(=O)[C@@H]1[C@H]2CCCC2CN1C(=O)[C@@H](NC(=O)[C@@H](NS(C)(=O)=O)C1CCCCC1)C(C)(C)C)C(=O)C(=O)NC1CC1. The maximum atomic E-state index is 14.4. The number of amides is 4. The third kappa shape index (κ3) is 9.05. The zero-order valence-electron chi connectivity index (χ0n) is 27.5. The lowest BCUT2D eigenvalue weighted by Gasteiger charge is -2.38. The van der Waals surface area contributed by atoms with Crippen molar-refractivity contribution in [2.75, 3.05) is 12.8 Å². The first-order valence-electron chi connectivity index (χ1n) is 16.8. The van der Waals surface area contributed by atoms with E-state index in [0.29, 0.717) is 32.2 Å². The van der Waals surface area contributed by atoms with Crippen LogP contribution in [-0.2, 0) is 34.0 Å². The van der Waals surface area contributed by atoms with Crippen LogP contribution in [0.5, 0.6) is 0 Å². The summed E-state index contributed by atoms with van der Waals surface area (Å²) in [5.41, 5.74) is -0.755. The van der Waals surface area contributed by atoms with E-state index in [-0.39, 0.29) is 23.8 Å². The summed E-state index contributed by atoms with van der Waals surface area (Å²) in [6, 6.07) is -3.85. The van der Waals surface area contributed by atoms with Gasteiger partial charge in [0.2, 0.25) is 33.5 Å². The maximum Gasteiger partial charge on any atom is 0.289 e. The van der Waals surface area contributed by atoms with Crippen molar-refractivity contribution in [1.82, 2.24) is 25.6 Å². The highest BCUT2D eigenvalue weighted by molar-refractivity contribution is 7.88. The second-order valence-corrected chi connectivity index (χ2v) is 16.6. The molecule has 45 heavy (non-hydrogen) atoms. The Morgan fingerprint density at radius 3 is 2.13 bits per heavy atom. The van der Waals surface area contributed by atoms with Crippen LogP contribution < -0.4 is 20.7 Å². The number of carbonyl (C=O) groups is 5. The van der Waals surface area contributed by atoms with Gasteiger partial charge in [-0.2, -0.15) is 0 Å². The summed E-state index contributed by atoms with van der Waals surface area (Å²) in [7, 11) is -3.70. The van der Waals surface area contributed by atoms with Crippen molar-refractivity contribution >= 4 is 39.4 Å². The summed E-state index contributed by atoms with van der Waals surface area (Å²) in [6.07, 6.45) is 10.4. The molecule has 1 aliphatic heterocycles. The van der Waals surface area contributed by atoms with Crippen LogP contribution in [0.25, 0.3) is 0 Å². The van der Waals surface area contributed by atoms with Crippen LogP contribution in [0, 0.1) is 23.2 Å². The molecule has 4 aliphatic rings. The van der Waals surface area contributed by atoms with Gasteiger partial charge in [0.05, 0.1) is 12.3 Å². The Morgan fingerprint density at radius 1 is 0.889 bits per heavy atom. The van der Waals surface area contributed by atoms with Crippen molar-refractivity contribution in [3.8, 4) is 0 Å². The summed E-state index contributed by atoms with van der Waals surface area (Å²) in [4.78, 5) is 69.3. The minimum Gasteiger partial charge on any atom is -0.347 e. The van der Waals surface area contributed by atoms with Crippen LogP contribution in [0.3, 0.4) is 0 Å². The fourth-order valence-corrected chi connectivity index (χ4v) is 8.19. The normalized spacial score (nSPS) is 26.0. The number of carbonyl (C=O) groups excluding carboxylic acids is 5. The van der Waals surface area contributed by atoms with E-state index in [2.05, 4.69) is 20.7 Å². The highest BCUT2D eigenvalue weighted by Gasteiger charge is 2.52. The number of hydrogen-bond acceptors (Lipinski definition) is 7. The summed E-state index contributed by atoms with van der Waals surface area (Å²) >= 11 is 0. The molecule has 1 heterocycles. The van der Waals surface area contributed by atoms with Gasteiger partial charge in [0, 0.05) is 12.6 Å². The predicted molar refractivity (Wildman–Crippen MR) is 169 cm³/mol. The lowest BCUT2D eigenvalue weighted by molar-refractivity contribution is -0.146. The highest BCUT2D eigenvalue weighted by Crippen LogP contribution is 2.43. The van der Waals surface area contributed by atoms with Gasteiger partial charge in [-0.1, -0.05) is 59.8 Å². The zero-order chi connectivity index (χ0) is 33.1. The molecule has 0 aromatic rings. The van der Waals surface area contributed by atoms with E-state index in [1.54, 1.807) is 4.90 Å². The second-order valence-electron chi connectivity index (χ2n) is 14.8. The van der Waals surface area contributed by atoms with Gasteiger partial charge in [-0.3, -0.25) is 24.0 Å². The molecule has 0 radical (unpaired) electrons. The monoisotopic (exact) mass is 651 g/mol. The molecule has 3 saturated carbocycles. The molecule has 1 unspecified atom stereocenters. The number of rotatable bonds is 13. The summed E-state index contributed by atoms with van der Waals surface area (Å²) in [5.74, 6) is -2.94. The van der Waals surface area contributed by atoms with Crippen molar-refractivity contribution in [3.05, 3.63) is 0 Å². The summed E-state index contributed by atoms with van der Waals surface area (Å²) < 4.78 is 27.1. The number of fused-ring (bicyclic) bond motifs is 1. The van der Waals surface area contributed by atoms with Crippen LogP contribution in [-0.4, -0.2) is 85.7 Å². The third-order valence-electron chi connectivity index (χ3n) is 9.93. The average Bonchev–Trinajstić information content (AvgIpc) is 3.53. The molecule has 12 nitrogen and oxygen atoms in total. The molecular formula is C32H53N5O7S. The van der Waals surface area contributed by atoms with Gasteiger partial charge in [-0.15, -0.1) is 0 Å². The molecular weight excluding hydrogens is 598 g/mol. The number of hydrogen-bond donors (Lipinski definition) is 4. The van der Waals surface area contributed by atoms with E-state index in [9.17, 15) is 32.4 Å². The minimum atomic E-state index is -3.70. The smallest absolute Gasteiger partial charge is 0.289 e. The summed E-state index contributed by atoms with van der Waals surface area (Å²) in [6.45, 7) is 7.72. The van der Waals surface area contributed by atoms with Crippen LogP contribution >= 0.6 is 0 Å². The predicted octanol–water partition coefficient (Wildman–Crippen LogP) is 1.78. The number of sulfonamides is 1. The Morgan fingerprint density at radius 2 is 1.56 bits per heavy atom. The minimum absolute atomic E-state index is 0.0107. The number of ketones is 1. The summed E-state index contributed by atoms with van der Waals surface area (Å²) in [5, 5.41) is 8.44. The van der Waals surface area contributed by atoms with Crippen molar-refractivity contribution in [3.63, 3.8) is 0 Å². The molecule has 4 amide bonds. The largest absolute Gasteiger partial charge is 0.347 e.